The fourth-order valence-electron chi connectivity index (χ4n) is 4.22. The van der Waals surface area contributed by atoms with Crippen molar-refractivity contribution in [2.75, 3.05) is 26.2 Å². The van der Waals surface area contributed by atoms with Gasteiger partial charge in [0.2, 0.25) is 5.89 Å². The lowest BCUT2D eigenvalue weighted by Gasteiger charge is -2.32. The van der Waals surface area contributed by atoms with Crippen molar-refractivity contribution in [2.45, 2.75) is 36.3 Å². The molecule has 1 aromatic heterocycles. The fourth-order valence-corrected chi connectivity index (χ4v) is 5.40. The number of carbonyl (C=O) groups is 1. The molecule has 0 spiro atoms. The van der Waals surface area contributed by atoms with Gasteiger partial charge in [-0.25, -0.2) is 8.42 Å². The van der Waals surface area contributed by atoms with Gasteiger partial charge >= 0.3 is 11.8 Å². The number of hydrogen-bond acceptors (Lipinski definition) is 7. The Labute approximate surface area is 200 Å². The van der Waals surface area contributed by atoms with E-state index in [0.717, 1.165) is 38.4 Å². The van der Waals surface area contributed by atoms with E-state index in [1.807, 2.05) is 0 Å². The smallest absolute Gasteiger partial charge is 0.308 e. The predicted octanol–water partition coefficient (Wildman–Crippen LogP) is 3.12. The third-order valence-electron chi connectivity index (χ3n) is 6.09. The van der Waals surface area contributed by atoms with Crippen LogP contribution in [0.4, 0.5) is 0 Å². The van der Waals surface area contributed by atoms with E-state index in [1.54, 1.807) is 18.2 Å². The van der Waals surface area contributed by atoms with Gasteiger partial charge in [-0.3, -0.25) is 4.79 Å². The molecule has 180 valence electrons. The second-order valence-electron chi connectivity index (χ2n) is 8.66. The van der Waals surface area contributed by atoms with Crippen LogP contribution in [0, 0.1) is 5.92 Å². The minimum atomic E-state index is -3.61. The minimum Gasteiger partial charge on any atom is -0.416 e. The molecule has 9 heteroatoms. The van der Waals surface area contributed by atoms with Crippen molar-refractivity contribution in [3.63, 3.8) is 0 Å². The first-order valence-electron chi connectivity index (χ1n) is 11.6. The van der Waals surface area contributed by atoms with Crippen LogP contribution in [0.1, 0.15) is 41.4 Å². The van der Waals surface area contributed by atoms with Gasteiger partial charge in [-0.1, -0.05) is 48.5 Å². The van der Waals surface area contributed by atoms with E-state index in [2.05, 4.69) is 50.7 Å². The zero-order valence-corrected chi connectivity index (χ0v) is 19.9. The topological polar surface area (TPSA) is 105 Å². The first kappa shape index (κ1) is 24.1. The highest BCUT2D eigenvalue weighted by Crippen LogP contribution is 2.21. The zero-order valence-electron chi connectivity index (χ0n) is 19.1. The Kier molecular flexibility index (Phi) is 8.08. The zero-order chi connectivity index (χ0) is 23.8. The molecule has 0 aliphatic carbocycles. The Bertz CT molecular complexity index is 1160. The maximum Gasteiger partial charge on any atom is 0.308 e. The number of benzene rings is 2. The molecule has 1 aliphatic heterocycles. The van der Waals surface area contributed by atoms with Crippen molar-refractivity contribution in [3.05, 3.63) is 78.0 Å². The summed E-state index contributed by atoms with van der Waals surface area (Å²) in [6.45, 7) is 3.56. The van der Waals surface area contributed by atoms with Crippen molar-refractivity contribution in [3.8, 4) is 0 Å². The number of carbonyl (C=O) groups excluding carboxylic acids is 1. The summed E-state index contributed by atoms with van der Waals surface area (Å²) in [7, 11) is -3.61. The first-order valence-corrected chi connectivity index (χ1v) is 13.3. The lowest BCUT2D eigenvalue weighted by Crippen LogP contribution is -2.36. The first-order chi connectivity index (χ1) is 16.5. The molecule has 34 heavy (non-hydrogen) atoms. The van der Waals surface area contributed by atoms with E-state index in [9.17, 15) is 13.2 Å². The van der Waals surface area contributed by atoms with Crippen LogP contribution < -0.4 is 5.32 Å². The Hall–Kier alpha value is -3.04. The van der Waals surface area contributed by atoms with Crippen LogP contribution >= 0.6 is 0 Å². The van der Waals surface area contributed by atoms with E-state index in [1.165, 1.54) is 30.5 Å². The van der Waals surface area contributed by atoms with E-state index in [-0.39, 0.29) is 16.7 Å². The van der Waals surface area contributed by atoms with Gasteiger partial charge in [-0.05, 0) is 68.9 Å². The third-order valence-corrected chi connectivity index (χ3v) is 7.71. The quantitative estimate of drug-likeness (QED) is 0.443. The average molecular weight is 483 g/mol. The lowest BCUT2D eigenvalue weighted by molar-refractivity contribution is 0.0914. The van der Waals surface area contributed by atoms with Crippen molar-refractivity contribution >= 4 is 15.7 Å². The van der Waals surface area contributed by atoms with E-state index >= 15 is 0 Å². The van der Waals surface area contributed by atoms with Crippen LogP contribution in [-0.4, -0.2) is 55.6 Å². The predicted molar refractivity (Wildman–Crippen MR) is 128 cm³/mol. The van der Waals surface area contributed by atoms with Gasteiger partial charge in [-0.2, -0.15) is 0 Å². The number of piperidine rings is 1. The van der Waals surface area contributed by atoms with Crippen LogP contribution in [0.3, 0.4) is 0 Å². The summed E-state index contributed by atoms with van der Waals surface area (Å²) in [4.78, 5) is 14.9. The SMILES string of the molecule is O=C(NCCCN1CCC(Cc2ccccc2)CC1)c1nnc(CS(=O)(=O)c2ccccc2)o1. The van der Waals surface area contributed by atoms with Crippen molar-refractivity contribution in [1.82, 2.24) is 20.4 Å². The van der Waals surface area contributed by atoms with Crippen molar-refractivity contribution in [1.29, 1.82) is 0 Å². The van der Waals surface area contributed by atoms with Gasteiger partial charge in [0, 0.05) is 6.54 Å². The summed E-state index contributed by atoms with van der Waals surface area (Å²) in [5.41, 5.74) is 1.41. The van der Waals surface area contributed by atoms with Gasteiger partial charge in [0.05, 0.1) is 4.90 Å². The van der Waals surface area contributed by atoms with Gasteiger partial charge < -0.3 is 14.6 Å². The van der Waals surface area contributed by atoms with Gasteiger partial charge in [-0.15, -0.1) is 10.2 Å². The summed E-state index contributed by atoms with van der Waals surface area (Å²) in [6.07, 6.45) is 4.35. The molecule has 1 N–H and O–H groups in total. The maximum absolute atomic E-state index is 12.4. The number of sulfone groups is 1. The number of hydrogen-bond donors (Lipinski definition) is 1. The summed E-state index contributed by atoms with van der Waals surface area (Å²) >= 11 is 0. The molecule has 4 rings (SSSR count). The van der Waals surface area contributed by atoms with Gasteiger partial charge in [0.1, 0.15) is 5.75 Å². The highest BCUT2D eigenvalue weighted by Gasteiger charge is 2.22. The Morgan fingerprint density at radius 3 is 2.38 bits per heavy atom. The Morgan fingerprint density at radius 2 is 1.68 bits per heavy atom. The average Bonchev–Trinajstić information content (AvgIpc) is 3.32. The van der Waals surface area contributed by atoms with Crippen LogP contribution in [0.5, 0.6) is 0 Å². The number of nitrogens with zero attached hydrogens (tertiary/aromatic N) is 3. The highest BCUT2D eigenvalue weighted by molar-refractivity contribution is 7.90. The fraction of sp³-hybridized carbons (Fsp3) is 0.400. The largest absolute Gasteiger partial charge is 0.416 e. The lowest BCUT2D eigenvalue weighted by atomic mass is 9.90. The van der Waals surface area contributed by atoms with Gasteiger partial charge in [0.25, 0.3) is 0 Å². The van der Waals surface area contributed by atoms with Crippen molar-refractivity contribution < 1.29 is 17.6 Å². The molecule has 0 radical (unpaired) electrons. The molecule has 0 atom stereocenters. The molecule has 8 nitrogen and oxygen atoms in total. The van der Waals surface area contributed by atoms with Crippen LogP contribution in [0.25, 0.3) is 0 Å². The molecule has 0 saturated carbocycles. The molecule has 1 saturated heterocycles. The number of rotatable bonds is 10. The molecule has 0 unspecified atom stereocenters. The molecule has 0 bridgehead atoms. The molecule has 1 aliphatic rings. The molecule has 2 aromatic carbocycles. The third kappa shape index (κ3) is 6.74. The van der Waals surface area contributed by atoms with E-state index in [4.69, 9.17) is 4.42 Å². The summed E-state index contributed by atoms with van der Waals surface area (Å²) in [5, 5.41) is 10.2. The van der Waals surface area contributed by atoms with Crippen molar-refractivity contribution in [2.24, 2.45) is 5.92 Å². The molecular weight excluding hydrogens is 452 g/mol. The maximum atomic E-state index is 12.4. The molecule has 1 fully saturated rings. The second-order valence-corrected chi connectivity index (χ2v) is 10.6. The molecule has 2 heterocycles. The van der Waals surface area contributed by atoms with E-state index in [0.29, 0.717) is 6.54 Å². The minimum absolute atomic E-state index is 0.104. The number of likely N-dealkylation sites (tertiary alicyclic amines) is 1. The highest BCUT2D eigenvalue weighted by atomic mass is 32.2. The summed E-state index contributed by atoms with van der Waals surface area (Å²) < 4.78 is 30.1. The van der Waals surface area contributed by atoms with Crippen LogP contribution in [-0.2, 0) is 22.0 Å². The Balaban J connectivity index is 1.15. The monoisotopic (exact) mass is 482 g/mol. The van der Waals surface area contributed by atoms with Gasteiger partial charge in [0.15, 0.2) is 9.84 Å². The summed E-state index contributed by atoms with van der Waals surface area (Å²) in [6, 6.07) is 18.7. The number of aromatic nitrogens is 2. The standard InChI is InChI=1S/C25H30N4O4S/c30-24(25-28-27-23(33-25)19-34(31,32)22-10-5-2-6-11-22)26-14-7-15-29-16-12-21(13-17-29)18-20-8-3-1-4-9-20/h1-6,8-11,21H,7,12-19H2,(H,26,30). The van der Waals surface area contributed by atoms with Crippen LogP contribution in [0.15, 0.2) is 70.0 Å². The van der Waals surface area contributed by atoms with E-state index < -0.39 is 21.5 Å². The molecular formula is C25H30N4O4S. The number of amides is 1. The second kappa shape index (κ2) is 11.4. The number of nitrogens with one attached hydrogen (secondary N) is 1. The normalized spacial score (nSPS) is 15.3. The summed E-state index contributed by atoms with van der Waals surface area (Å²) in [5.74, 6) is -0.530. The Morgan fingerprint density at radius 1 is 1.00 bits per heavy atom. The molecule has 3 aromatic rings. The van der Waals surface area contributed by atoms with Crippen LogP contribution in [0.2, 0.25) is 0 Å². The molecule has 1 amide bonds.